The molecule has 7 atom stereocenters. The highest BCUT2D eigenvalue weighted by Gasteiger charge is 2.30. The molecule has 0 aromatic rings. The van der Waals surface area contributed by atoms with E-state index in [2.05, 4.69) is 55.4 Å². The molecule has 0 bridgehead atoms. The normalized spacial score (nSPS) is 14.7. The molecular formula is C76H148O17P2. The summed E-state index contributed by atoms with van der Waals surface area (Å²) in [6.07, 6.45) is 50.2. The Balaban J connectivity index is 5.16. The largest absolute Gasteiger partial charge is 0.472 e. The van der Waals surface area contributed by atoms with Crippen LogP contribution < -0.4 is 0 Å². The van der Waals surface area contributed by atoms with Crippen LogP contribution in [0.1, 0.15) is 383 Å². The van der Waals surface area contributed by atoms with Crippen LogP contribution in [-0.2, 0) is 65.4 Å². The number of hydrogen-bond acceptors (Lipinski definition) is 15. The zero-order valence-corrected chi connectivity index (χ0v) is 64.1. The molecule has 0 aliphatic rings. The van der Waals surface area contributed by atoms with Gasteiger partial charge >= 0.3 is 39.5 Å². The average Bonchev–Trinajstić information content (AvgIpc) is 3.43. The van der Waals surface area contributed by atoms with Crippen molar-refractivity contribution in [2.45, 2.75) is 401 Å². The second-order valence-electron chi connectivity index (χ2n) is 28.8. The Labute approximate surface area is 581 Å². The third-order valence-corrected chi connectivity index (χ3v) is 20.2. The Kier molecular flexibility index (Phi) is 64.0. The fraction of sp³-hybridized carbons (Fsp3) is 0.947. The van der Waals surface area contributed by atoms with E-state index in [1.807, 2.05) is 0 Å². The van der Waals surface area contributed by atoms with E-state index in [1.165, 1.54) is 180 Å². The predicted molar refractivity (Wildman–Crippen MR) is 386 cm³/mol. The van der Waals surface area contributed by atoms with E-state index in [4.69, 9.17) is 37.0 Å². The third kappa shape index (κ3) is 67.6. The van der Waals surface area contributed by atoms with Gasteiger partial charge in [0.25, 0.3) is 0 Å². The van der Waals surface area contributed by atoms with Gasteiger partial charge in [0, 0.05) is 25.7 Å². The summed E-state index contributed by atoms with van der Waals surface area (Å²) in [4.78, 5) is 72.7. The average molecular weight is 1400 g/mol. The molecule has 564 valence electrons. The van der Waals surface area contributed by atoms with Crippen LogP contribution >= 0.6 is 15.6 Å². The molecule has 17 nitrogen and oxygen atoms in total. The summed E-state index contributed by atoms with van der Waals surface area (Å²) in [6, 6.07) is 0. The second-order valence-corrected chi connectivity index (χ2v) is 31.7. The van der Waals surface area contributed by atoms with Crippen LogP contribution in [0.15, 0.2) is 0 Å². The zero-order valence-electron chi connectivity index (χ0n) is 62.3. The van der Waals surface area contributed by atoms with Crippen LogP contribution in [0.5, 0.6) is 0 Å². The molecule has 0 aliphatic carbocycles. The zero-order chi connectivity index (χ0) is 70.3. The van der Waals surface area contributed by atoms with Crippen molar-refractivity contribution >= 4 is 39.5 Å². The number of carbonyl (C=O) groups is 4. The first kappa shape index (κ1) is 93.1. The molecule has 0 fully saturated rings. The molecule has 0 rings (SSSR count). The Bertz CT molecular complexity index is 1870. The van der Waals surface area contributed by atoms with Gasteiger partial charge in [0.1, 0.15) is 19.3 Å². The molecule has 0 heterocycles. The van der Waals surface area contributed by atoms with E-state index in [1.54, 1.807) is 0 Å². The lowest BCUT2D eigenvalue weighted by atomic mass is 9.99. The molecule has 0 aromatic carbocycles. The van der Waals surface area contributed by atoms with Gasteiger partial charge in [0.15, 0.2) is 12.2 Å². The minimum absolute atomic E-state index is 0.102. The minimum atomic E-state index is -4.96. The van der Waals surface area contributed by atoms with Gasteiger partial charge in [-0.05, 0) is 49.4 Å². The number of aliphatic hydroxyl groups excluding tert-OH is 1. The summed E-state index contributed by atoms with van der Waals surface area (Å²) < 4.78 is 68.4. The Morgan fingerprint density at radius 2 is 0.505 bits per heavy atom. The Morgan fingerprint density at radius 1 is 0.295 bits per heavy atom. The van der Waals surface area contributed by atoms with Gasteiger partial charge in [-0.3, -0.25) is 37.3 Å². The number of hydrogen-bond donors (Lipinski definition) is 3. The topological polar surface area (TPSA) is 237 Å². The molecule has 0 amide bonds. The number of unbranched alkanes of at least 4 members (excludes halogenated alkanes) is 37. The molecule has 3 N–H and O–H groups in total. The number of aliphatic hydroxyl groups is 1. The first-order valence-electron chi connectivity index (χ1n) is 39.3. The van der Waals surface area contributed by atoms with Gasteiger partial charge in [0.2, 0.25) is 0 Å². The lowest BCUT2D eigenvalue weighted by Crippen LogP contribution is -2.30. The summed E-state index contributed by atoms with van der Waals surface area (Å²) in [6.45, 7) is 14.1. The van der Waals surface area contributed by atoms with Crippen LogP contribution in [0.2, 0.25) is 0 Å². The van der Waals surface area contributed by atoms with Crippen molar-refractivity contribution in [3.05, 3.63) is 0 Å². The van der Waals surface area contributed by atoms with Crippen molar-refractivity contribution in [3.63, 3.8) is 0 Å². The SMILES string of the molecule is CCC(C)CCCCCCCCCCCCCCCCCCCCC(=O)OC[C@H](COP(=O)(O)OCC(O)COP(=O)(O)OC[C@@H](COC(=O)CCCCCCCCCC(C)C)OC(=O)CCCCCCCCC(C)CC)OC(=O)CCCCCCCCCCCCC(C)C. The lowest BCUT2D eigenvalue weighted by molar-refractivity contribution is -0.161. The first-order valence-corrected chi connectivity index (χ1v) is 42.3. The van der Waals surface area contributed by atoms with E-state index >= 15 is 0 Å². The number of phosphoric ester groups is 2. The highest BCUT2D eigenvalue weighted by molar-refractivity contribution is 7.47. The van der Waals surface area contributed by atoms with Crippen LogP contribution in [-0.4, -0.2) is 96.7 Å². The highest BCUT2D eigenvalue weighted by Crippen LogP contribution is 2.45. The molecule has 0 spiro atoms. The van der Waals surface area contributed by atoms with Gasteiger partial charge in [-0.1, -0.05) is 331 Å². The fourth-order valence-corrected chi connectivity index (χ4v) is 13.1. The van der Waals surface area contributed by atoms with Gasteiger partial charge in [-0.25, -0.2) is 9.13 Å². The number of ether oxygens (including phenoxy) is 4. The van der Waals surface area contributed by atoms with Crippen molar-refractivity contribution in [2.75, 3.05) is 39.6 Å². The van der Waals surface area contributed by atoms with E-state index in [0.717, 1.165) is 114 Å². The van der Waals surface area contributed by atoms with E-state index < -0.39 is 97.5 Å². The van der Waals surface area contributed by atoms with Crippen molar-refractivity contribution in [1.29, 1.82) is 0 Å². The standard InChI is InChI=1S/C76H148O17P2/c1-9-68(7)54-46-38-30-24-19-17-15-13-11-12-14-16-18-20-25-31-40-48-56-73(78)86-62-71(92-75(80)58-50-42-32-26-22-21-23-28-36-44-52-66(3)4)64-90-94(82,83)88-60-70(77)61-89-95(84,85)91-65-72(93-76(81)59-51-43-35-34-39-47-55-69(8)10-2)63-87-74(79)57-49-41-33-27-29-37-45-53-67(5)6/h66-72,77H,9-65H2,1-8H3,(H,82,83)(H,84,85)/t68?,69?,70?,71-,72-/m1/s1. The van der Waals surface area contributed by atoms with Crippen LogP contribution in [0.3, 0.4) is 0 Å². The lowest BCUT2D eigenvalue weighted by Gasteiger charge is -2.21. The quantitative estimate of drug-likeness (QED) is 0.0222. The molecular weight excluding hydrogens is 1250 g/mol. The second kappa shape index (κ2) is 65.4. The number of rotatable bonds is 73. The summed E-state index contributed by atoms with van der Waals surface area (Å²) in [7, 11) is -9.91. The molecule has 5 unspecified atom stereocenters. The predicted octanol–water partition coefficient (Wildman–Crippen LogP) is 22.0. The summed E-state index contributed by atoms with van der Waals surface area (Å²) in [5, 5.41) is 10.6. The number of phosphoric acid groups is 2. The summed E-state index contributed by atoms with van der Waals surface area (Å²) >= 11 is 0. The highest BCUT2D eigenvalue weighted by atomic mass is 31.2. The molecule has 0 aliphatic heterocycles. The summed E-state index contributed by atoms with van der Waals surface area (Å²) in [5.41, 5.74) is 0. The van der Waals surface area contributed by atoms with Gasteiger partial charge < -0.3 is 33.8 Å². The fourth-order valence-electron chi connectivity index (χ4n) is 11.5. The Hall–Kier alpha value is -1.94. The molecule has 95 heavy (non-hydrogen) atoms. The summed E-state index contributed by atoms with van der Waals surface area (Å²) in [5.74, 6) is 0.924. The van der Waals surface area contributed by atoms with Crippen LogP contribution in [0, 0.1) is 23.7 Å². The molecule has 0 saturated heterocycles. The van der Waals surface area contributed by atoms with E-state index in [9.17, 15) is 43.2 Å². The maximum atomic E-state index is 13.1. The van der Waals surface area contributed by atoms with Crippen molar-refractivity contribution in [2.24, 2.45) is 23.7 Å². The van der Waals surface area contributed by atoms with Crippen LogP contribution in [0.4, 0.5) is 0 Å². The smallest absolute Gasteiger partial charge is 0.462 e. The maximum absolute atomic E-state index is 13.1. The van der Waals surface area contributed by atoms with Crippen molar-refractivity contribution < 1.29 is 80.2 Å². The van der Waals surface area contributed by atoms with Crippen LogP contribution in [0.25, 0.3) is 0 Å². The molecule has 0 saturated carbocycles. The molecule has 0 radical (unpaired) electrons. The first-order chi connectivity index (χ1) is 45.7. The number of carbonyl (C=O) groups excluding carboxylic acids is 4. The molecule has 19 heteroatoms. The van der Waals surface area contributed by atoms with E-state index in [-0.39, 0.29) is 25.7 Å². The van der Waals surface area contributed by atoms with Crippen molar-refractivity contribution in [1.82, 2.24) is 0 Å². The third-order valence-electron chi connectivity index (χ3n) is 18.3. The van der Waals surface area contributed by atoms with Gasteiger partial charge in [0.05, 0.1) is 26.4 Å². The maximum Gasteiger partial charge on any atom is 0.472 e. The number of esters is 4. The van der Waals surface area contributed by atoms with Gasteiger partial charge in [-0.15, -0.1) is 0 Å². The minimum Gasteiger partial charge on any atom is -0.462 e. The van der Waals surface area contributed by atoms with Crippen molar-refractivity contribution in [3.8, 4) is 0 Å². The van der Waals surface area contributed by atoms with E-state index in [0.29, 0.717) is 31.6 Å². The monoisotopic (exact) mass is 1400 g/mol. The Morgan fingerprint density at radius 3 is 0.747 bits per heavy atom. The molecule has 0 aromatic heterocycles. The van der Waals surface area contributed by atoms with Gasteiger partial charge in [-0.2, -0.15) is 0 Å².